The third-order valence-electron chi connectivity index (χ3n) is 2.29. The highest BCUT2D eigenvalue weighted by Gasteiger charge is 2.31. The molecule has 3 N–H and O–H groups in total. The van der Waals surface area contributed by atoms with Crippen LogP contribution in [-0.4, -0.2) is 22.5 Å². The number of amides is 1. The number of fused-ring (bicyclic) bond motifs is 1. The van der Waals surface area contributed by atoms with E-state index >= 15 is 0 Å². The molecule has 0 fully saturated rings. The molecule has 1 amide bonds. The number of carbonyl (C=O) groups excluding carboxylic acids is 1. The highest BCUT2D eigenvalue weighted by atomic mass is 16.5. The number of nitrogens with zero attached hydrogens (tertiary/aromatic N) is 1. The number of nitrogens with one attached hydrogen (secondary N) is 1. The Balaban J connectivity index is 2.18. The molecule has 0 bridgehead atoms. The maximum atomic E-state index is 11.7. The molecule has 16 heavy (non-hydrogen) atoms. The zero-order valence-electron chi connectivity index (χ0n) is 9.36. The van der Waals surface area contributed by atoms with Gasteiger partial charge in [0.15, 0.2) is 17.7 Å². The van der Waals surface area contributed by atoms with Gasteiger partial charge in [-0.15, -0.1) is 0 Å². The lowest BCUT2D eigenvalue weighted by atomic mass is 9.97. The molecule has 0 aliphatic carbocycles. The Bertz CT molecular complexity index is 412. The van der Waals surface area contributed by atoms with Crippen molar-refractivity contribution in [2.75, 3.05) is 5.32 Å². The topological polar surface area (TPSA) is 77.2 Å². The second kappa shape index (κ2) is 3.75. The van der Waals surface area contributed by atoms with Gasteiger partial charge in [0.2, 0.25) is 0 Å². The summed E-state index contributed by atoms with van der Waals surface area (Å²) in [5, 5.41) is 2.70. The number of anilines is 1. The van der Waals surface area contributed by atoms with E-state index in [1.165, 1.54) is 0 Å². The second-order valence-electron chi connectivity index (χ2n) is 4.64. The fraction of sp³-hybridized carbons (Fsp3) is 0.455. The number of aromatic nitrogens is 1. The quantitative estimate of drug-likeness (QED) is 0.778. The van der Waals surface area contributed by atoms with E-state index in [4.69, 9.17) is 10.5 Å². The zero-order chi connectivity index (χ0) is 11.8. The lowest BCUT2D eigenvalue weighted by Crippen LogP contribution is -2.45. The van der Waals surface area contributed by atoms with E-state index in [-0.39, 0.29) is 5.91 Å². The van der Waals surface area contributed by atoms with E-state index in [1.807, 2.05) is 13.8 Å². The number of carbonyl (C=O) groups is 1. The molecule has 86 valence electrons. The van der Waals surface area contributed by atoms with E-state index in [0.717, 1.165) is 0 Å². The minimum Gasteiger partial charge on any atom is -0.477 e. The van der Waals surface area contributed by atoms with Crippen molar-refractivity contribution in [2.24, 2.45) is 5.73 Å². The van der Waals surface area contributed by atoms with Gasteiger partial charge in [0.05, 0.1) is 0 Å². The van der Waals surface area contributed by atoms with Crippen molar-refractivity contribution < 1.29 is 9.53 Å². The Labute approximate surface area is 94.0 Å². The van der Waals surface area contributed by atoms with Gasteiger partial charge in [-0.3, -0.25) is 4.79 Å². The molecule has 5 heteroatoms. The van der Waals surface area contributed by atoms with Crippen LogP contribution in [0, 0.1) is 0 Å². The third kappa shape index (κ3) is 2.30. The molecule has 1 atom stereocenters. The van der Waals surface area contributed by atoms with E-state index < -0.39 is 11.6 Å². The smallest absolute Gasteiger partial charge is 0.266 e. The third-order valence-corrected chi connectivity index (χ3v) is 2.29. The average molecular weight is 221 g/mol. The van der Waals surface area contributed by atoms with Crippen LogP contribution in [0.25, 0.3) is 0 Å². The number of rotatable bonds is 2. The summed E-state index contributed by atoms with van der Waals surface area (Å²) in [6.07, 6.45) is 1.53. The molecular weight excluding hydrogens is 206 g/mol. The Morgan fingerprint density at radius 1 is 1.62 bits per heavy atom. The van der Waals surface area contributed by atoms with Crippen LogP contribution in [0.5, 0.6) is 5.75 Å². The molecule has 1 aromatic heterocycles. The summed E-state index contributed by atoms with van der Waals surface area (Å²) in [5.74, 6) is 0.875. The fourth-order valence-corrected chi connectivity index (χ4v) is 1.60. The predicted molar refractivity (Wildman–Crippen MR) is 60.2 cm³/mol. The summed E-state index contributed by atoms with van der Waals surface area (Å²) < 4.78 is 5.57. The SMILES string of the molecule is CC(C)(N)CC1Oc2cccnc2NC1=O. The van der Waals surface area contributed by atoms with Crippen LogP contribution in [0.4, 0.5) is 5.82 Å². The number of ether oxygens (including phenoxy) is 1. The molecule has 1 aromatic rings. The van der Waals surface area contributed by atoms with Crippen molar-refractivity contribution in [3.63, 3.8) is 0 Å². The van der Waals surface area contributed by atoms with Crippen molar-refractivity contribution in [3.05, 3.63) is 18.3 Å². The summed E-state index contributed by atoms with van der Waals surface area (Å²) in [6, 6.07) is 3.54. The first-order chi connectivity index (χ1) is 7.46. The van der Waals surface area contributed by atoms with Gasteiger partial charge >= 0.3 is 0 Å². The molecule has 0 aromatic carbocycles. The lowest BCUT2D eigenvalue weighted by molar-refractivity contribution is -0.124. The summed E-state index contributed by atoms with van der Waals surface area (Å²) >= 11 is 0. The summed E-state index contributed by atoms with van der Waals surface area (Å²) in [7, 11) is 0. The van der Waals surface area contributed by atoms with Crippen LogP contribution >= 0.6 is 0 Å². The molecule has 2 rings (SSSR count). The van der Waals surface area contributed by atoms with E-state index in [0.29, 0.717) is 18.0 Å². The number of hydrogen-bond acceptors (Lipinski definition) is 4. The maximum absolute atomic E-state index is 11.7. The first-order valence-electron chi connectivity index (χ1n) is 5.17. The van der Waals surface area contributed by atoms with E-state index in [9.17, 15) is 4.79 Å². The van der Waals surface area contributed by atoms with Gasteiger partial charge < -0.3 is 15.8 Å². The molecule has 5 nitrogen and oxygen atoms in total. The van der Waals surface area contributed by atoms with Crippen LogP contribution in [0.3, 0.4) is 0 Å². The molecule has 1 aliphatic heterocycles. The number of hydrogen-bond donors (Lipinski definition) is 2. The van der Waals surface area contributed by atoms with Crippen LogP contribution in [0.2, 0.25) is 0 Å². The van der Waals surface area contributed by atoms with Crippen molar-refractivity contribution in [2.45, 2.75) is 31.9 Å². The average Bonchev–Trinajstić information content (AvgIpc) is 2.17. The molecule has 0 saturated heterocycles. The summed E-state index contributed by atoms with van der Waals surface area (Å²) in [5.41, 5.74) is 5.43. The Hall–Kier alpha value is -1.62. The minimum atomic E-state index is -0.545. The molecule has 1 aliphatic rings. The molecule has 0 saturated carbocycles. The van der Waals surface area contributed by atoms with Crippen molar-refractivity contribution in [1.29, 1.82) is 0 Å². The Morgan fingerprint density at radius 2 is 2.38 bits per heavy atom. The standard InChI is InChI=1S/C11H15N3O2/c1-11(2,12)6-8-10(15)14-9-7(16-8)4-3-5-13-9/h3-5,8H,6,12H2,1-2H3,(H,13,14,15). The van der Waals surface area contributed by atoms with E-state index in [1.54, 1.807) is 18.3 Å². The lowest BCUT2D eigenvalue weighted by Gasteiger charge is -2.29. The van der Waals surface area contributed by atoms with Gasteiger partial charge in [-0.2, -0.15) is 0 Å². The highest BCUT2D eigenvalue weighted by molar-refractivity contribution is 5.96. The minimum absolute atomic E-state index is 0.190. The predicted octanol–water partition coefficient (Wildman–Crippen LogP) is 0.908. The van der Waals surface area contributed by atoms with Gasteiger partial charge in [0, 0.05) is 18.2 Å². The molecule has 0 spiro atoms. The first-order valence-corrected chi connectivity index (χ1v) is 5.17. The number of nitrogens with two attached hydrogens (primary N) is 1. The van der Waals surface area contributed by atoms with Crippen LogP contribution < -0.4 is 15.8 Å². The summed E-state index contributed by atoms with van der Waals surface area (Å²) in [4.78, 5) is 15.7. The van der Waals surface area contributed by atoms with Crippen molar-refractivity contribution in [1.82, 2.24) is 4.98 Å². The van der Waals surface area contributed by atoms with Gasteiger partial charge in [-0.25, -0.2) is 4.98 Å². The monoisotopic (exact) mass is 221 g/mol. The molecule has 0 radical (unpaired) electrons. The highest BCUT2D eigenvalue weighted by Crippen LogP contribution is 2.28. The van der Waals surface area contributed by atoms with Crippen LogP contribution in [0.15, 0.2) is 18.3 Å². The maximum Gasteiger partial charge on any atom is 0.266 e. The van der Waals surface area contributed by atoms with Crippen molar-refractivity contribution >= 4 is 11.7 Å². The zero-order valence-corrected chi connectivity index (χ0v) is 9.36. The Kier molecular flexibility index (Phi) is 2.55. The fourth-order valence-electron chi connectivity index (χ4n) is 1.60. The van der Waals surface area contributed by atoms with Gasteiger partial charge in [-0.1, -0.05) is 0 Å². The van der Waals surface area contributed by atoms with E-state index in [2.05, 4.69) is 10.3 Å². The van der Waals surface area contributed by atoms with Crippen LogP contribution in [-0.2, 0) is 4.79 Å². The Morgan fingerprint density at radius 3 is 3.06 bits per heavy atom. The normalized spacial score (nSPS) is 19.7. The van der Waals surface area contributed by atoms with Gasteiger partial charge in [0.1, 0.15) is 0 Å². The second-order valence-corrected chi connectivity index (χ2v) is 4.64. The van der Waals surface area contributed by atoms with Gasteiger partial charge in [-0.05, 0) is 26.0 Å². The molecule has 1 unspecified atom stereocenters. The largest absolute Gasteiger partial charge is 0.477 e. The van der Waals surface area contributed by atoms with Crippen LogP contribution in [0.1, 0.15) is 20.3 Å². The number of pyridine rings is 1. The molecular formula is C11H15N3O2. The summed E-state index contributed by atoms with van der Waals surface area (Å²) in [6.45, 7) is 3.73. The first kappa shape index (κ1) is 10.9. The molecule has 2 heterocycles. The van der Waals surface area contributed by atoms with Gasteiger partial charge in [0.25, 0.3) is 5.91 Å². The van der Waals surface area contributed by atoms with Crippen molar-refractivity contribution in [3.8, 4) is 5.75 Å².